The summed E-state index contributed by atoms with van der Waals surface area (Å²) in [6, 6.07) is 14.2. The first-order chi connectivity index (χ1) is 9.75. The van der Waals surface area contributed by atoms with Crippen LogP contribution in [-0.4, -0.2) is 16.0 Å². The lowest BCUT2D eigenvalue weighted by Gasteiger charge is -2.08. The Bertz CT molecular complexity index is 770. The predicted octanol–water partition coefficient (Wildman–Crippen LogP) is 3.19. The molecule has 0 saturated heterocycles. The van der Waals surface area contributed by atoms with E-state index in [1.807, 2.05) is 24.3 Å². The van der Waals surface area contributed by atoms with Crippen molar-refractivity contribution < 1.29 is 9.90 Å². The molecule has 0 aliphatic heterocycles. The van der Waals surface area contributed by atoms with Gasteiger partial charge in [0.15, 0.2) is 0 Å². The normalized spacial score (nSPS) is 10.4. The molecular formula is C16H12N2O2. The number of phenolic OH excluding ortho intramolecular Hbond substituents is 1. The molecule has 4 nitrogen and oxygen atoms in total. The maximum atomic E-state index is 12.2. The number of benzene rings is 2. The lowest BCUT2D eigenvalue weighted by atomic mass is 10.0. The van der Waals surface area contributed by atoms with E-state index in [9.17, 15) is 9.90 Å². The van der Waals surface area contributed by atoms with Crippen molar-refractivity contribution in [2.45, 2.75) is 0 Å². The summed E-state index contributed by atoms with van der Waals surface area (Å²) in [5.41, 5.74) is 0.887. The number of phenols is 1. The summed E-state index contributed by atoms with van der Waals surface area (Å²) >= 11 is 0. The largest absolute Gasteiger partial charge is 0.506 e. The summed E-state index contributed by atoms with van der Waals surface area (Å²) in [7, 11) is 0. The molecule has 0 bridgehead atoms. The van der Waals surface area contributed by atoms with E-state index in [-0.39, 0.29) is 17.2 Å². The first kappa shape index (κ1) is 12.2. The van der Waals surface area contributed by atoms with Crippen molar-refractivity contribution in [2.24, 2.45) is 0 Å². The van der Waals surface area contributed by atoms with Crippen molar-refractivity contribution in [1.29, 1.82) is 0 Å². The molecule has 0 fully saturated rings. The topological polar surface area (TPSA) is 62.2 Å². The van der Waals surface area contributed by atoms with Gasteiger partial charge in [0.1, 0.15) is 5.75 Å². The number of aromatic nitrogens is 1. The molecule has 2 aromatic carbocycles. The van der Waals surface area contributed by atoms with Crippen LogP contribution in [0.15, 0.2) is 60.9 Å². The second kappa shape index (κ2) is 5.01. The Labute approximate surface area is 115 Å². The molecule has 1 aromatic heterocycles. The van der Waals surface area contributed by atoms with Crippen LogP contribution >= 0.6 is 0 Å². The highest BCUT2D eigenvalue weighted by atomic mass is 16.3. The number of hydrogen-bond acceptors (Lipinski definition) is 3. The maximum Gasteiger partial charge on any atom is 0.259 e. The summed E-state index contributed by atoms with van der Waals surface area (Å²) in [4.78, 5) is 16.1. The van der Waals surface area contributed by atoms with Crippen LogP contribution in [0.5, 0.6) is 5.75 Å². The van der Waals surface area contributed by atoms with Crippen LogP contribution in [0, 0.1) is 0 Å². The number of fused-ring (bicyclic) bond motifs is 1. The van der Waals surface area contributed by atoms with Crippen LogP contribution in [0.1, 0.15) is 10.4 Å². The molecule has 0 atom stereocenters. The number of hydrogen-bond donors (Lipinski definition) is 2. The van der Waals surface area contributed by atoms with E-state index in [0.29, 0.717) is 11.1 Å². The standard InChI is InChI=1S/C16H12N2O2/c19-15-13-4-2-1-3-11(13)5-6-14(15)16(20)18-12-7-9-17-10-8-12/h1-10,19H,(H,17,18,20). The van der Waals surface area contributed by atoms with Crippen LogP contribution < -0.4 is 5.32 Å². The molecule has 0 spiro atoms. The Kier molecular flexibility index (Phi) is 3.05. The van der Waals surface area contributed by atoms with Gasteiger partial charge < -0.3 is 10.4 Å². The highest BCUT2D eigenvalue weighted by Gasteiger charge is 2.13. The molecule has 0 radical (unpaired) electrons. The maximum absolute atomic E-state index is 12.2. The second-order valence-corrected chi connectivity index (χ2v) is 4.37. The molecule has 98 valence electrons. The van der Waals surface area contributed by atoms with Crippen molar-refractivity contribution in [3.8, 4) is 5.75 Å². The van der Waals surface area contributed by atoms with Gasteiger partial charge in [0, 0.05) is 23.5 Å². The summed E-state index contributed by atoms with van der Waals surface area (Å²) in [5, 5.41) is 14.5. The van der Waals surface area contributed by atoms with Crippen LogP contribution in [0.2, 0.25) is 0 Å². The van der Waals surface area contributed by atoms with Crippen molar-refractivity contribution in [2.75, 3.05) is 5.32 Å². The fourth-order valence-electron chi connectivity index (χ4n) is 2.07. The van der Waals surface area contributed by atoms with Gasteiger partial charge in [-0.15, -0.1) is 0 Å². The number of anilines is 1. The van der Waals surface area contributed by atoms with Gasteiger partial charge in [0.25, 0.3) is 5.91 Å². The molecule has 0 aliphatic rings. The third kappa shape index (κ3) is 2.19. The molecule has 1 amide bonds. The number of carbonyl (C=O) groups is 1. The molecule has 4 heteroatoms. The Hall–Kier alpha value is -2.88. The monoisotopic (exact) mass is 264 g/mol. The van der Waals surface area contributed by atoms with Crippen LogP contribution in [0.3, 0.4) is 0 Å². The van der Waals surface area contributed by atoms with Gasteiger partial charge >= 0.3 is 0 Å². The average Bonchev–Trinajstić information content (AvgIpc) is 2.49. The molecule has 20 heavy (non-hydrogen) atoms. The lowest BCUT2D eigenvalue weighted by molar-refractivity contribution is 0.102. The van der Waals surface area contributed by atoms with Crippen LogP contribution in [0.25, 0.3) is 10.8 Å². The quantitative estimate of drug-likeness (QED) is 0.747. The molecule has 0 aliphatic carbocycles. The van der Waals surface area contributed by atoms with Crippen molar-refractivity contribution >= 4 is 22.4 Å². The number of amides is 1. The third-order valence-electron chi connectivity index (χ3n) is 3.08. The molecule has 0 unspecified atom stereocenters. The van der Waals surface area contributed by atoms with Crippen LogP contribution in [-0.2, 0) is 0 Å². The Morgan fingerprint density at radius 3 is 2.55 bits per heavy atom. The molecule has 2 N–H and O–H groups in total. The summed E-state index contributed by atoms with van der Waals surface area (Å²) in [5.74, 6) is -0.353. The second-order valence-electron chi connectivity index (χ2n) is 4.37. The zero-order chi connectivity index (χ0) is 13.9. The van der Waals surface area contributed by atoms with Gasteiger partial charge in [-0.2, -0.15) is 0 Å². The van der Waals surface area contributed by atoms with E-state index in [2.05, 4.69) is 10.3 Å². The number of aromatic hydroxyl groups is 1. The van der Waals surface area contributed by atoms with E-state index in [4.69, 9.17) is 0 Å². The molecular weight excluding hydrogens is 252 g/mol. The van der Waals surface area contributed by atoms with Gasteiger partial charge in [-0.3, -0.25) is 9.78 Å². The van der Waals surface area contributed by atoms with Gasteiger partial charge in [-0.25, -0.2) is 0 Å². The Morgan fingerprint density at radius 2 is 1.75 bits per heavy atom. The molecule has 1 heterocycles. The number of nitrogens with one attached hydrogen (secondary N) is 1. The Balaban J connectivity index is 1.98. The fraction of sp³-hybridized carbons (Fsp3) is 0. The van der Waals surface area contributed by atoms with E-state index in [1.54, 1.807) is 36.7 Å². The number of rotatable bonds is 2. The fourth-order valence-corrected chi connectivity index (χ4v) is 2.07. The Morgan fingerprint density at radius 1 is 1.00 bits per heavy atom. The van der Waals surface area contributed by atoms with E-state index in [0.717, 1.165) is 5.39 Å². The minimum atomic E-state index is -0.348. The highest BCUT2D eigenvalue weighted by Crippen LogP contribution is 2.28. The van der Waals surface area contributed by atoms with E-state index >= 15 is 0 Å². The third-order valence-corrected chi connectivity index (χ3v) is 3.08. The molecule has 3 aromatic rings. The number of carbonyl (C=O) groups excluding carboxylic acids is 1. The summed E-state index contributed by atoms with van der Waals surface area (Å²) in [6.45, 7) is 0. The first-order valence-electron chi connectivity index (χ1n) is 6.18. The first-order valence-corrected chi connectivity index (χ1v) is 6.18. The van der Waals surface area contributed by atoms with Crippen molar-refractivity contribution in [3.05, 3.63) is 66.5 Å². The zero-order valence-corrected chi connectivity index (χ0v) is 10.6. The van der Waals surface area contributed by atoms with Gasteiger partial charge in [0.05, 0.1) is 5.56 Å². The molecule has 3 rings (SSSR count). The smallest absolute Gasteiger partial charge is 0.259 e. The van der Waals surface area contributed by atoms with E-state index < -0.39 is 0 Å². The van der Waals surface area contributed by atoms with Crippen molar-refractivity contribution in [3.63, 3.8) is 0 Å². The minimum Gasteiger partial charge on any atom is -0.506 e. The van der Waals surface area contributed by atoms with Crippen LogP contribution in [0.4, 0.5) is 5.69 Å². The van der Waals surface area contributed by atoms with Crippen molar-refractivity contribution in [1.82, 2.24) is 4.98 Å². The lowest BCUT2D eigenvalue weighted by Crippen LogP contribution is -2.12. The van der Waals surface area contributed by atoms with Gasteiger partial charge in [0.2, 0.25) is 0 Å². The number of nitrogens with zero attached hydrogens (tertiary/aromatic N) is 1. The summed E-state index contributed by atoms with van der Waals surface area (Å²) in [6.07, 6.45) is 3.19. The van der Waals surface area contributed by atoms with Gasteiger partial charge in [-0.1, -0.05) is 30.3 Å². The predicted molar refractivity (Wildman–Crippen MR) is 77.8 cm³/mol. The SMILES string of the molecule is O=C(Nc1ccncc1)c1ccc2ccccc2c1O. The molecule has 0 saturated carbocycles. The number of pyridine rings is 1. The highest BCUT2D eigenvalue weighted by molar-refractivity contribution is 6.09. The van der Waals surface area contributed by atoms with E-state index in [1.165, 1.54) is 0 Å². The summed E-state index contributed by atoms with van der Waals surface area (Å²) < 4.78 is 0. The van der Waals surface area contributed by atoms with Gasteiger partial charge in [-0.05, 0) is 23.6 Å². The zero-order valence-electron chi connectivity index (χ0n) is 10.6. The average molecular weight is 264 g/mol. The minimum absolute atomic E-state index is 0.00495.